The number of rotatable bonds is 4. The van der Waals surface area contributed by atoms with Gasteiger partial charge in [-0.3, -0.25) is 0 Å². The maximum atomic E-state index is 6.11. The molecule has 7 heteroatoms. The van der Waals surface area contributed by atoms with Crippen LogP contribution < -0.4 is 5.32 Å². The van der Waals surface area contributed by atoms with Crippen molar-refractivity contribution >= 4 is 22.9 Å². The lowest BCUT2D eigenvalue weighted by Crippen LogP contribution is -2.06. The number of fused-ring (bicyclic) bond motifs is 1. The molecule has 0 saturated heterocycles. The summed E-state index contributed by atoms with van der Waals surface area (Å²) in [5.41, 5.74) is 3.72. The fourth-order valence-corrected chi connectivity index (χ4v) is 2.69. The van der Waals surface area contributed by atoms with Crippen LogP contribution in [0.5, 0.6) is 0 Å². The maximum Gasteiger partial charge on any atom is 0.243 e. The minimum Gasteiger partial charge on any atom is -0.364 e. The van der Waals surface area contributed by atoms with E-state index in [1.807, 2.05) is 30.3 Å². The zero-order valence-electron chi connectivity index (χ0n) is 12.6. The van der Waals surface area contributed by atoms with Gasteiger partial charge < -0.3 is 5.32 Å². The summed E-state index contributed by atoms with van der Waals surface area (Å²) in [6.07, 6.45) is 4.97. The summed E-state index contributed by atoms with van der Waals surface area (Å²) in [5, 5.41) is 7.80. The molecule has 4 rings (SSSR count). The van der Waals surface area contributed by atoms with Gasteiger partial charge in [-0.05, 0) is 29.3 Å². The summed E-state index contributed by atoms with van der Waals surface area (Å²) in [4.78, 5) is 12.4. The van der Waals surface area contributed by atoms with Crippen LogP contribution in [0.15, 0.2) is 61.2 Å². The average Bonchev–Trinajstić information content (AvgIpc) is 3.05. The molecule has 0 unspecified atom stereocenters. The second kappa shape index (κ2) is 6.25. The van der Waals surface area contributed by atoms with Crippen molar-refractivity contribution < 1.29 is 0 Å². The highest BCUT2D eigenvalue weighted by atomic mass is 35.5. The van der Waals surface area contributed by atoms with Gasteiger partial charge in [-0.1, -0.05) is 30.3 Å². The first kappa shape index (κ1) is 14.6. The predicted molar refractivity (Wildman–Crippen MR) is 92.8 cm³/mol. The molecule has 0 spiro atoms. The number of anilines is 1. The predicted octanol–water partition coefficient (Wildman–Crippen LogP) is 3.45. The number of hydrogen-bond donors (Lipinski definition) is 1. The smallest absolute Gasteiger partial charge is 0.243 e. The van der Waals surface area contributed by atoms with Crippen LogP contribution in [0.4, 0.5) is 5.82 Å². The molecular weight excluding hydrogens is 324 g/mol. The van der Waals surface area contributed by atoms with Crippen molar-refractivity contribution in [3.05, 3.63) is 72.0 Å². The topological polar surface area (TPSA) is 68.0 Å². The number of hydrogen-bond acceptors (Lipinski definition) is 5. The quantitative estimate of drug-likeness (QED) is 0.618. The van der Waals surface area contributed by atoms with Gasteiger partial charge in [0.05, 0.1) is 5.69 Å². The minimum atomic E-state index is 0.173. The van der Waals surface area contributed by atoms with Crippen LogP contribution in [0.3, 0.4) is 0 Å². The molecule has 0 bridgehead atoms. The van der Waals surface area contributed by atoms with Crippen molar-refractivity contribution in [2.24, 2.45) is 0 Å². The van der Waals surface area contributed by atoms with Crippen LogP contribution in [0.1, 0.15) is 5.56 Å². The first-order valence-electron chi connectivity index (χ1n) is 7.40. The van der Waals surface area contributed by atoms with E-state index in [1.54, 1.807) is 16.9 Å². The Balaban J connectivity index is 1.73. The first-order valence-corrected chi connectivity index (χ1v) is 7.77. The lowest BCUT2D eigenvalue weighted by Gasteiger charge is -2.09. The van der Waals surface area contributed by atoms with Gasteiger partial charge in [0.1, 0.15) is 11.8 Å². The van der Waals surface area contributed by atoms with E-state index in [1.165, 1.54) is 6.33 Å². The van der Waals surface area contributed by atoms with E-state index in [0.29, 0.717) is 12.4 Å². The van der Waals surface area contributed by atoms with Crippen LogP contribution in [0.25, 0.3) is 16.8 Å². The molecule has 4 aromatic rings. The van der Waals surface area contributed by atoms with Gasteiger partial charge in [-0.25, -0.2) is 14.5 Å². The van der Waals surface area contributed by atoms with Crippen LogP contribution in [0.2, 0.25) is 5.28 Å². The maximum absolute atomic E-state index is 6.11. The summed E-state index contributed by atoms with van der Waals surface area (Å²) in [5.74, 6) is 0.682. The van der Waals surface area contributed by atoms with E-state index in [0.717, 1.165) is 22.3 Å². The Bertz CT molecular complexity index is 968. The van der Waals surface area contributed by atoms with Gasteiger partial charge in [0.2, 0.25) is 5.28 Å². The number of aromatic nitrogens is 5. The molecule has 0 amide bonds. The van der Waals surface area contributed by atoms with E-state index in [2.05, 4.69) is 37.5 Å². The molecular formula is C17H13ClN6. The molecule has 118 valence electrons. The fourth-order valence-electron chi connectivity index (χ4n) is 2.53. The Morgan fingerprint density at radius 3 is 2.58 bits per heavy atom. The zero-order chi connectivity index (χ0) is 16.4. The first-order chi connectivity index (χ1) is 11.8. The molecule has 0 aliphatic rings. The van der Waals surface area contributed by atoms with Gasteiger partial charge in [0.15, 0.2) is 5.82 Å². The lowest BCUT2D eigenvalue weighted by atomic mass is 10.2. The number of nitrogens with one attached hydrogen (secondary N) is 1. The number of halogens is 1. The molecule has 0 aliphatic heterocycles. The Kier molecular flexibility index (Phi) is 3.80. The van der Waals surface area contributed by atoms with E-state index < -0.39 is 0 Å². The monoisotopic (exact) mass is 336 g/mol. The average molecular weight is 337 g/mol. The standard InChI is InChI=1S/C17H13ClN6/c18-17-22-16(21-8-12-4-2-1-3-5-12)15-7-6-14(24(15)23-17)13-9-19-11-20-10-13/h1-7,9-11H,8H2,(H,21,22,23). The van der Waals surface area contributed by atoms with Crippen LogP contribution >= 0.6 is 11.6 Å². The van der Waals surface area contributed by atoms with E-state index >= 15 is 0 Å². The van der Waals surface area contributed by atoms with Crippen molar-refractivity contribution in [1.82, 2.24) is 24.6 Å². The fraction of sp³-hybridized carbons (Fsp3) is 0.0588. The zero-order valence-corrected chi connectivity index (χ0v) is 13.4. The van der Waals surface area contributed by atoms with E-state index in [9.17, 15) is 0 Å². The van der Waals surface area contributed by atoms with Crippen LogP contribution in [-0.4, -0.2) is 24.6 Å². The normalized spacial score (nSPS) is 10.9. The van der Waals surface area contributed by atoms with Crippen molar-refractivity contribution in [3.8, 4) is 11.3 Å². The van der Waals surface area contributed by atoms with Gasteiger partial charge in [-0.15, -0.1) is 5.10 Å². The second-order valence-electron chi connectivity index (χ2n) is 5.21. The SMILES string of the molecule is Clc1nc(NCc2ccccc2)c2ccc(-c3cncnc3)n2n1. The third-order valence-electron chi connectivity index (χ3n) is 3.64. The molecule has 1 aromatic carbocycles. The van der Waals surface area contributed by atoms with Crippen molar-refractivity contribution in [2.45, 2.75) is 6.54 Å². The lowest BCUT2D eigenvalue weighted by molar-refractivity contribution is 0.905. The summed E-state index contributed by atoms with van der Waals surface area (Å²) in [6, 6.07) is 14.0. The van der Waals surface area contributed by atoms with Gasteiger partial charge >= 0.3 is 0 Å². The Morgan fingerprint density at radius 2 is 1.79 bits per heavy atom. The Labute approximate surface area is 143 Å². The largest absolute Gasteiger partial charge is 0.364 e. The highest BCUT2D eigenvalue weighted by Crippen LogP contribution is 2.25. The molecule has 0 fully saturated rings. The van der Waals surface area contributed by atoms with E-state index in [-0.39, 0.29) is 5.28 Å². The Hall–Kier alpha value is -2.99. The third-order valence-corrected chi connectivity index (χ3v) is 3.80. The van der Waals surface area contributed by atoms with Crippen LogP contribution in [-0.2, 0) is 6.54 Å². The van der Waals surface area contributed by atoms with Gasteiger partial charge in [0, 0.05) is 24.5 Å². The minimum absolute atomic E-state index is 0.173. The number of nitrogens with zero attached hydrogens (tertiary/aromatic N) is 5. The third kappa shape index (κ3) is 2.79. The highest BCUT2D eigenvalue weighted by molar-refractivity contribution is 6.28. The molecule has 0 atom stereocenters. The molecule has 1 N–H and O–H groups in total. The molecule has 0 aliphatic carbocycles. The highest BCUT2D eigenvalue weighted by Gasteiger charge is 2.12. The van der Waals surface area contributed by atoms with Crippen molar-refractivity contribution in [3.63, 3.8) is 0 Å². The molecule has 3 heterocycles. The van der Waals surface area contributed by atoms with Gasteiger partial charge in [-0.2, -0.15) is 4.98 Å². The molecule has 0 radical (unpaired) electrons. The summed E-state index contributed by atoms with van der Waals surface area (Å²) < 4.78 is 1.75. The van der Waals surface area contributed by atoms with Crippen LogP contribution in [0, 0.1) is 0 Å². The molecule has 6 nitrogen and oxygen atoms in total. The van der Waals surface area contributed by atoms with Crippen molar-refractivity contribution in [1.29, 1.82) is 0 Å². The second-order valence-corrected chi connectivity index (χ2v) is 5.55. The summed E-state index contributed by atoms with van der Waals surface area (Å²) in [6.45, 7) is 0.652. The van der Waals surface area contributed by atoms with E-state index in [4.69, 9.17) is 11.6 Å². The Morgan fingerprint density at radius 1 is 1.00 bits per heavy atom. The summed E-state index contributed by atoms with van der Waals surface area (Å²) >= 11 is 6.11. The molecule has 24 heavy (non-hydrogen) atoms. The number of benzene rings is 1. The molecule has 0 saturated carbocycles. The summed E-state index contributed by atoms with van der Waals surface area (Å²) in [7, 11) is 0. The van der Waals surface area contributed by atoms with Crippen molar-refractivity contribution in [2.75, 3.05) is 5.32 Å². The van der Waals surface area contributed by atoms with Gasteiger partial charge in [0.25, 0.3) is 0 Å². The molecule has 3 aromatic heterocycles.